The van der Waals surface area contributed by atoms with Crippen LogP contribution >= 0.6 is 27.7 Å². The monoisotopic (exact) mass is 368 g/mol. The molecule has 1 saturated heterocycles. The largest absolute Gasteiger partial charge is 0.351 e. The molecule has 3 rings (SSSR count). The zero-order chi connectivity index (χ0) is 14.8. The van der Waals surface area contributed by atoms with E-state index in [1.54, 1.807) is 18.2 Å². The van der Waals surface area contributed by atoms with Gasteiger partial charge in [0.15, 0.2) is 5.17 Å². The molecule has 0 unspecified atom stereocenters. The SMILES string of the molecule is O=C1N=C(N2CCCCC2)S/C1=C\c1cc(Br)ccc1F. The number of carbonyl (C=O) groups is 1. The van der Waals surface area contributed by atoms with Gasteiger partial charge in [-0.1, -0.05) is 15.9 Å². The van der Waals surface area contributed by atoms with E-state index in [0.29, 0.717) is 10.5 Å². The molecule has 110 valence electrons. The zero-order valence-electron chi connectivity index (χ0n) is 11.3. The number of piperidine rings is 1. The lowest BCUT2D eigenvalue weighted by Crippen LogP contribution is -2.33. The van der Waals surface area contributed by atoms with Crippen molar-refractivity contribution < 1.29 is 9.18 Å². The van der Waals surface area contributed by atoms with Crippen LogP contribution in [0.2, 0.25) is 0 Å². The van der Waals surface area contributed by atoms with Gasteiger partial charge in [-0.2, -0.15) is 4.99 Å². The van der Waals surface area contributed by atoms with Crippen LogP contribution in [0.1, 0.15) is 24.8 Å². The summed E-state index contributed by atoms with van der Waals surface area (Å²) in [5.74, 6) is -0.620. The van der Waals surface area contributed by atoms with Gasteiger partial charge in [0, 0.05) is 23.1 Å². The van der Waals surface area contributed by atoms with Gasteiger partial charge in [-0.25, -0.2) is 4.39 Å². The molecular formula is C15H14BrFN2OS. The quantitative estimate of drug-likeness (QED) is 0.701. The average molecular weight is 369 g/mol. The predicted molar refractivity (Wildman–Crippen MR) is 87.5 cm³/mol. The van der Waals surface area contributed by atoms with Crippen LogP contribution in [0, 0.1) is 5.82 Å². The topological polar surface area (TPSA) is 32.7 Å². The number of aliphatic imine (C=N–C) groups is 1. The van der Waals surface area contributed by atoms with Crippen molar-refractivity contribution in [1.82, 2.24) is 4.90 Å². The first-order valence-electron chi connectivity index (χ1n) is 6.86. The molecule has 0 bridgehead atoms. The molecule has 0 saturated carbocycles. The Morgan fingerprint density at radius 1 is 1.29 bits per heavy atom. The molecule has 2 aliphatic rings. The maximum atomic E-state index is 13.8. The predicted octanol–water partition coefficient (Wildman–Crippen LogP) is 4.04. The molecule has 1 fully saturated rings. The van der Waals surface area contributed by atoms with Gasteiger partial charge in [0.05, 0.1) is 4.91 Å². The molecule has 1 aromatic rings. The van der Waals surface area contributed by atoms with Crippen molar-refractivity contribution in [3.8, 4) is 0 Å². The van der Waals surface area contributed by atoms with E-state index in [2.05, 4.69) is 25.8 Å². The van der Waals surface area contributed by atoms with Crippen LogP contribution in [0.3, 0.4) is 0 Å². The molecule has 0 aliphatic carbocycles. The summed E-state index contributed by atoms with van der Waals surface area (Å²) in [5, 5.41) is 0.751. The number of hydrogen-bond donors (Lipinski definition) is 0. The van der Waals surface area contributed by atoms with Crippen LogP contribution in [-0.2, 0) is 4.79 Å². The Kier molecular flexibility index (Phi) is 4.45. The third-order valence-electron chi connectivity index (χ3n) is 3.48. The molecule has 0 aromatic heterocycles. The molecule has 6 heteroatoms. The van der Waals surface area contributed by atoms with E-state index in [4.69, 9.17) is 0 Å². The summed E-state index contributed by atoms with van der Waals surface area (Å²) in [6, 6.07) is 4.68. The standard InChI is InChI=1S/C15H14BrFN2OS/c16-11-4-5-12(17)10(8-11)9-13-14(20)18-15(21-13)19-6-2-1-3-7-19/h4-5,8-9H,1-3,6-7H2/b13-9-. The number of benzene rings is 1. The van der Waals surface area contributed by atoms with Crippen molar-refractivity contribution >= 4 is 44.8 Å². The molecule has 21 heavy (non-hydrogen) atoms. The van der Waals surface area contributed by atoms with Crippen LogP contribution in [-0.4, -0.2) is 29.1 Å². The molecule has 2 aliphatic heterocycles. The first kappa shape index (κ1) is 14.8. The van der Waals surface area contributed by atoms with E-state index in [0.717, 1.165) is 35.6 Å². The molecule has 0 N–H and O–H groups in total. The summed E-state index contributed by atoms with van der Waals surface area (Å²) in [7, 11) is 0. The van der Waals surface area contributed by atoms with Crippen LogP contribution < -0.4 is 0 Å². The van der Waals surface area contributed by atoms with Crippen LogP contribution in [0.5, 0.6) is 0 Å². The highest BCUT2D eigenvalue weighted by atomic mass is 79.9. The van der Waals surface area contributed by atoms with Gasteiger partial charge < -0.3 is 4.90 Å². The van der Waals surface area contributed by atoms with Crippen molar-refractivity contribution in [1.29, 1.82) is 0 Å². The number of hydrogen-bond acceptors (Lipinski definition) is 3. The first-order valence-corrected chi connectivity index (χ1v) is 8.47. The second-order valence-electron chi connectivity index (χ2n) is 5.02. The summed E-state index contributed by atoms with van der Waals surface area (Å²) >= 11 is 4.65. The summed E-state index contributed by atoms with van der Waals surface area (Å²) in [6.45, 7) is 1.88. The third kappa shape index (κ3) is 3.37. The minimum Gasteiger partial charge on any atom is -0.351 e. The minimum atomic E-state index is -0.342. The molecular weight excluding hydrogens is 355 g/mol. The number of carbonyl (C=O) groups excluding carboxylic acids is 1. The molecule has 0 atom stereocenters. The number of halogens is 2. The molecule has 0 spiro atoms. The fourth-order valence-corrected chi connectivity index (χ4v) is 3.72. The molecule has 1 aromatic carbocycles. The average Bonchev–Trinajstić information content (AvgIpc) is 2.85. The number of rotatable bonds is 1. The first-order chi connectivity index (χ1) is 10.1. The fourth-order valence-electron chi connectivity index (χ4n) is 2.38. The maximum absolute atomic E-state index is 13.8. The van der Waals surface area contributed by atoms with Gasteiger partial charge in [0.1, 0.15) is 5.82 Å². The van der Waals surface area contributed by atoms with Crippen LogP contribution in [0.25, 0.3) is 6.08 Å². The second kappa shape index (κ2) is 6.32. The highest BCUT2D eigenvalue weighted by molar-refractivity contribution is 9.10. The Morgan fingerprint density at radius 2 is 2.05 bits per heavy atom. The lowest BCUT2D eigenvalue weighted by molar-refractivity contribution is -0.113. The van der Waals surface area contributed by atoms with Gasteiger partial charge in [0.25, 0.3) is 5.91 Å². The highest BCUT2D eigenvalue weighted by Crippen LogP contribution is 2.32. The van der Waals surface area contributed by atoms with Gasteiger partial charge in [0.2, 0.25) is 0 Å². The van der Waals surface area contributed by atoms with Gasteiger partial charge >= 0.3 is 0 Å². The lowest BCUT2D eigenvalue weighted by atomic mass is 10.1. The van der Waals surface area contributed by atoms with Crippen molar-refractivity contribution in [2.24, 2.45) is 4.99 Å². The van der Waals surface area contributed by atoms with Crippen molar-refractivity contribution in [2.45, 2.75) is 19.3 Å². The summed E-state index contributed by atoms with van der Waals surface area (Å²) in [5.41, 5.74) is 0.398. The lowest BCUT2D eigenvalue weighted by Gasteiger charge is -2.27. The van der Waals surface area contributed by atoms with Crippen molar-refractivity contribution in [2.75, 3.05) is 13.1 Å². The fraction of sp³-hybridized carbons (Fsp3) is 0.333. The smallest absolute Gasteiger partial charge is 0.286 e. The summed E-state index contributed by atoms with van der Waals surface area (Å²) < 4.78 is 14.5. The number of nitrogens with zero attached hydrogens (tertiary/aromatic N) is 2. The minimum absolute atomic E-state index is 0.278. The summed E-state index contributed by atoms with van der Waals surface area (Å²) in [4.78, 5) is 18.7. The van der Waals surface area contributed by atoms with Gasteiger partial charge in [-0.05, 0) is 55.3 Å². The number of amides is 1. The molecule has 0 radical (unpaired) electrons. The number of likely N-dealkylation sites (tertiary alicyclic amines) is 1. The normalized spacial score (nSPS) is 21.0. The number of amidine groups is 1. The number of thioether (sulfide) groups is 1. The molecule has 3 nitrogen and oxygen atoms in total. The van der Waals surface area contributed by atoms with E-state index in [1.807, 2.05) is 0 Å². The van der Waals surface area contributed by atoms with E-state index < -0.39 is 0 Å². The highest BCUT2D eigenvalue weighted by Gasteiger charge is 2.27. The molecule has 2 heterocycles. The van der Waals surface area contributed by atoms with Gasteiger partial charge in [-0.3, -0.25) is 4.79 Å². The van der Waals surface area contributed by atoms with E-state index in [-0.39, 0.29) is 11.7 Å². The second-order valence-corrected chi connectivity index (χ2v) is 6.95. The Labute approximate surface area is 135 Å². The Balaban J connectivity index is 1.80. The van der Waals surface area contributed by atoms with Gasteiger partial charge in [-0.15, -0.1) is 0 Å². The van der Waals surface area contributed by atoms with Crippen molar-refractivity contribution in [3.05, 3.63) is 39.0 Å². The van der Waals surface area contributed by atoms with Crippen molar-refractivity contribution in [3.63, 3.8) is 0 Å². The zero-order valence-corrected chi connectivity index (χ0v) is 13.7. The van der Waals surface area contributed by atoms with Crippen LogP contribution in [0.4, 0.5) is 4.39 Å². The maximum Gasteiger partial charge on any atom is 0.286 e. The third-order valence-corrected chi connectivity index (χ3v) is 5.02. The molecule has 1 amide bonds. The Morgan fingerprint density at radius 3 is 2.81 bits per heavy atom. The van der Waals surface area contributed by atoms with E-state index in [9.17, 15) is 9.18 Å². The van der Waals surface area contributed by atoms with E-state index in [1.165, 1.54) is 24.2 Å². The summed E-state index contributed by atoms with van der Waals surface area (Å²) in [6.07, 6.45) is 5.07. The Bertz CT molecular complexity index is 639. The Hall–Kier alpha value is -1.14. The van der Waals surface area contributed by atoms with Crippen LogP contribution in [0.15, 0.2) is 32.6 Å². The van der Waals surface area contributed by atoms with E-state index >= 15 is 0 Å².